The van der Waals surface area contributed by atoms with Crippen molar-refractivity contribution in [3.05, 3.63) is 26.6 Å². The van der Waals surface area contributed by atoms with Gasteiger partial charge in [0.05, 0.1) is 11.9 Å². The van der Waals surface area contributed by atoms with E-state index in [9.17, 15) is 18.0 Å². The first-order chi connectivity index (χ1) is 9.78. The number of fused-ring (bicyclic) bond motifs is 1. The molecule has 0 saturated carbocycles. The Morgan fingerprint density at radius 2 is 2.05 bits per heavy atom. The Kier molecular flexibility index (Phi) is 4.67. The monoisotopic (exact) mass is 319 g/mol. The molecule has 0 bridgehead atoms. The molecule has 0 radical (unpaired) electrons. The number of halogens is 3. The molecule has 8 heteroatoms. The smallest absolute Gasteiger partial charge is 0.310 e. The number of nitrogens with one attached hydrogen (secondary N) is 2. The topological polar surface area (TPSA) is 57.8 Å². The van der Waals surface area contributed by atoms with Gasteiger partial charge in [0, 0.05) is 11.3 Å². The third kappa shape index (κ3) is 4.04. The standard InChI is InChI=1S/C13H16F3N3OS/c1-7-8(2)21-12-10(7)11(20)18-9(19-12)6-17-5-3-4-13(14,15)16/h17H,3-6H2,1-2H3,(H,18,19,20). The Bertz CT molecular complexity index is 690. The summed E-state index contributed by atoms with van der Waals surface area (Å²) in [7, 11) is 0. The number of aromatic nitrogens is 2. The van der Waals surface area contributed by atoms with Crippen molar-refractivity contribution in [2.24, 2.45) is 0 Å². The summed E-state index contributed by atoms with van der Waals surface area (Å²) >= 11 is 1.45. The van der Waals surface area contributed by atoms with Crippen molar-refractivity contribution in [2.45, 2.75) is 39.4 Å². The molecular weight excluding hydrogens is 303 g/mol. The molecule has 0 amide bonds. The van der Waals surface area contributed by atoms with Gasteiger partial charge in [-0.15, -0.1) is 11.3 Å². The highest BCUT2D eigenvalue weighted by atomic mass is 32.1. The molecular formula is C13H16F3N3OS. The highest BCUT2D eigenvalue weighted by Crippen LogP contribution is 2.25. The molecule has 21 heavy (non-hydrogen) atoms. The summed E-state index contributed by atoms with van der Waals surface area (Å²) in [6.07, 6.45) is -4.93. The Balaban J connectivity index is 1.99. The molecule has 2 aromatic heterocycles. The van der Waals surface area contributed by atoms with E-state index < -0.39 is 12.6 Å². The van der Waals surface area contributed by atoms with Gasteiger partial charge in [-0.05, 0) is 32.4 Å². The molecule has 0 unspecified atom stereocenters. The van der Waals surface area contributed by atoms with Crippen molar-refractivity contribution in [1.29, 1.82) is 0 Å². The summed E-state index contributed by atoms with van der Waals surface area (Å²) in [6.45, 7) is 4.28. The van der Waals surface area contributed by atoms with Crippen molar-refractivity contribution in [3.8, 4) is 0 Å². The Labute approximate surface area is 123 Å². The Hall–Kier alpha value is -1.41. The lowest BCUT2D eigenvalue weighted by atomic mass is 10.2. The van der Waals surface area contributed by atoms with Crippen LogP contribution in [0.1, 0.15) is 29.1 Å². The number of H-pyrrole nitrogens is 1. The van der Waals surface area contributed by atoms with E-state index in [4.69, 9.17) is 0 Å². The maximum Gasteiger partial charge on any atom is 0.389 e. The number of nitrogens with zero attached hydrogens (tertiary/aromatic N) is 1. The van der Waals surface area contributed by atoms with Gasteiger partial charge in [-0.2, -0.15) is 13.2 Å². The van der Waals surface area contributed by atoms with Gasteiger partial charge in [0.15, 0.2) is 0 Å². The summed E-state index contributed by atoms with van der Waals surface area (Å²) in [5.41, 5.74) is 0.724. The number of alkyl halides is 3. The van der Waals surface area contributed by atoms with E-state index in [0.717, 1.165) is 10.4 Å². The van der Waals surface area contributed by atoms with Crippen LogP contribution < -0.4 is 10.9 Å². The second-order valence-electron chi connectivity index (χ2n) is 4.87. The predicted octanol–water partition coefficient (Wildman–Crippen LogP) is 3.03. The van der Waals surface area contributed by atoms with E-state index in [0.29, 0.717) is 16.0 Å². The number of rotatable bonds is 5. The first-order valence-corrected chi connectivity index (χ1v) is 7.36. The summed E-state index contributed by atoms with van der Waals surface area (Å²) in [5, 5.41) is 3.46. The van der Waals surface area contributed by atoms with Crippen LogP contribution in [0.5, 0.6) is 0 Å². The van der Waals surface area contributed by atoms with Crippen molar-refractivity contribution in [3.63, 3.8) is 0 Å². The van der Waals surface area contributed by atoms with Gasteiger partial charge in [-0.25, -0.2) is 4.98 Å². The summed E-state index contributed by atoms with van der Waals surface area (Å²) in [4.78, 5) is 20.7. The highest BCUT2D eigenvalue weighted by molar-refractivity contribution is 7.18. The minimum absolute atomic E-state index is 0.00714. The van der Waals surface area contributed by atoms with Gasteiger partial charge in [0.25, 0.3) is 5.56 Å². The van der Waals surface area contributed by atoms with Gasteiger partial charge >= 0.3 is 6.18 Å². The van der Waals surface area contributed by atoms with Crippen LogP contribution in [0.25, 0.3) is 10.2 Å². The van der Waals surface area contributed by atoms with Gasteiger partial charge in [0.2, 0.25) is 0 Å². The van der Waals surface area contributed by atoms with Crippen LogP contribution in [-0.4, -0.2) is 22.7 Å². The zero-order valence-electron chi connectivity index (χ0n) is 11.7. The van der Waals surface area contributed by atoms with Crippen LogP contribution in [0.15, 0.2) is 4.79 Å². The molecule has 4 nitrogen and oxygen atoms in total. The van der Waals surface area contributed by atoms with Crippen molar-refractivity contribution in [1.82, 2.24) is 15.3 Å². The lowest BCUT2D eigenvalue weighted by Gasteiger charge is -2.07. The second kappa shape index (κ2) is 6.15. The third-order valence-electron chi connectivity index (χ3n) is 3.19. The molecule has 116 valence electrons. The van der Waals surface area contributed by atoms with E-state index in [1.165, 1.54) is 11.3 Å². The first kappa shape index (κ1) is 16.0. The molecule has 0 saturated heterocycles. The zero-order chi connectivity index (χ0) is 15.6. The van der Waals surface area contributed by atoms with E-state index >= 15 is 0 Å². The van der Waals surface area contributed by atoms with E-state index in [1.54, 1.807) is 0 Å². The maximum atomic E-state index is 12.0. The van der Waals surface area contributed by atoms with Crippen LogP contribution in [0.3, 0.4) is 0 Å². The zero-order valence-corrected chi connectivity index (χ0v) is 12.5. The maximum absolute atomic E-state index is 12.0. The number of hydrogen-bond acceptors (Lipinski definition) is 4. The second-order valence-corrected chi connectivity index (χ2v) is 6.07. The van der Waals surface area contributed by atoms with Crippen molar-refractivity contribution in [2.75, 3.05) is 6.54 Å². The number of hydrogen-bond donors (Lipinski definition) is 2. The van der Waals surface area contributed by atoms with Crippen molar-refractivity contribution < 1.29 is 13.2 Å². The average molecular weight is 319 g/mol. The van der Waals surface area contributed by atoms with Gasteiger partial charge < -0.3 is 10.3 Å². The Morgan fingerprint density at radius 3 is 2.71 bits per heavy atom. The minimum Gasteiger partial charge on any atom is -0.310 e. The van der Waals surface area contributed by atoms with Crippen molar-refractivity contribution >= 4 is 21.6 Å². The molecule has 2 heterocycles. The van der Waals surface area contributed by atoms with Crippen LogP contribution in [0.4, 0.5) is 13.2 Å². The fraction of sp³-hybridized carbons (Fsp3) is 0.538. The molecule has 2 rings (SSSR count). The molecule has 0 aromatic carbocycles. The lowest BCUT2D eigenvalue weighted by Crippen LogP contribution is -2.21. The largest absolute Gasteiger partial charge is 0.389 e. The fourth-order valence-electron chi connectivity index (χ4n) is 2.00. The number of aryl methyl sites for hydroxylation is 2. The molecule has 0 aliphatic heterocycles. The van der Waals surface area contributed by atoms with Crippen LogP contribution in [-0.2, 0) is 6.54 Å². The highest BCUT2D eigenvalue weighted by Gasteiger charge is 2.25. The van der Waals surface area contributed by atoms with E-state index in [1.807, 2.05) is 13.8 Å². The normalized spacial score (nSPS) is 12.2. The Morgan fingerprint density at radius 1 is 1.33 bits per heavy atom. The molecule has 0 spiro atoms. The fourth-order valence-corrected chi connectivity index (χ4v) is 3.05. The summed E-state index contributed by atoms with van der Waals surface area (Å²) in [6, 6.07) is 0. The summed E-state index contributed by atoms with van der Waals surface area (Å²) in [5.74, 6) is 0.445. The molecule has 2 N–H and O–H groups in total. The molecule has 2 aromatic rings. The van der Waals surface area contributed by atoms with Crippen LogP contribution >= 0.6 is 11.3 Å². The summed E-state index contributed by atoms with van der Waals surface area (Å²) < 4.78 is 36.0. The van der Waals surface area contributed by atoms with Crippen LogP contribution in [0.2, 0.25) is 0 Å². The van der Waals surface area contributed by atoms with E-state index in [-0.39, 0.29) is 25.1 Å². The SMILES string of the molecule is Cc1sc2nc(CNCCCC(F)(F)F)[nH]c(=O)c2c1C. The number of aromatic amines is 1. The average Bonchev–Trinajstić information content (AvgIpc) is 2.63. The quantitative estimate of drug-likeness (QED) is 0.833. The predicted molar refractivity (Wildman–Crippen MR) is 76.7 cm³/mol. The van der Waals surface area contributed by atoms with Gasteiger partial charge in [0.1, 0.15) is 10.7 Å². The van der Waals surface area contributed by atoms with Gasteiger partial charge in [-0.3, -0.25) is 4.79 Å². The molecule has 0 aliphatic carbocycles. The molecule has 0 fully saturated rings. The van der Waals surface area contributed by atoms with Gasteiger partial charge in [-0.1, -0.05) is 0 Å². The molecule has 0 atom stereocenters. The minimum atomic E-state index is -4.13. The van der Waals surface area contributed by atoms with Crippen LogP contribution in [0, 0.1) is 13.8 Å². The van der Waals surface area contributed by atoms with E-state index in [2.05, 4.69) is 15.3 Å². The first-order valence-electron chi connectivity index (χ1n) is 6.54. The number of thiophene rings is 1. The lowest BCUT2D eigenvalue weighted by molar-refractivity contribution is -0.135. The third-order valence-corrected chi connectivity index (χ3v) is 4.30. The molecule has 0 aliphatic rings.